The first kappa shape index (κ1) is 19.9. The Morgan fingerprint density at radius 3 is 2.52 bits per heavy atom. The smallest absolute Gasteiger partial charge is 0.344 e. The number of para-hydroxylation sites is 3. The van der Waals surface area contributed by atoms with Crippen LogP contribution in [0.15, 0.2) is 71.1 Å². The van der Waals surface area contributed by atoms with E-state index in [0.717, 1.165) is 16.4 Å². The number of esters is 1. The molecule has 0 radical (unpaired) electrons. The lowest BCUT2D eigenvalue weighted by Crippen LogP contribution is -2.24. The molecule has 0 saturated heterocycles. The molecule has 0 aliphatic rings. The van der Waals surface area contributed by atoms with Crippen molar-refractivity contribution < 1.29 is 28.4 Å². The average Bonchev–Trinajstić information content (AvgIpc) is 3.14. The van der Waals surface area contributed by atoms with Gasteiger partial charge in [-0.1, -0.05) is 30.3 Å². The maximum absolute atomic E-state index is 11.9. The molecule has 0 aliphatic carbocycles. The third-order valence-electron chi connectivity index (χ3n) is 4.44. The molecule has 1 N–H and O–H groups in total. The number of fused-ring (bicyclic) bond motifs is 3. The van der Waals surface area contributed by atoms with Gasteiger partial charge in [-0.15, -0.1) is 0 Å². The molecule has 0 aliphatic heterocycles. The zero-order valence-corrected chi connectivity index (χ0v) is 16.1. The van der Waals surface area contributed by atoms with Crippen LogP contribution in [0, 0.1) is 10.1 Å². The molecule has 0 atom stereocenters. The summed E-state index contributed by atoms with van der Waals surface area (Å²) in [5.74, 6) is -1.01. The highest BCUT2D eigenvalue weighted by Crippen LogP contribution is 2.31. The minimum atomic E-state index is -0.755. The SMILES string of the molecule is O=C(COC(=O)COc1ccc2oc3ccccc3c2c1)Nc1ccccc1[N+](=O)[O-]. The molecule has 1 heterocycles. The van der Waals surface area contributed by atoms with Crippen molar-refractivity contribution in [2.45, 2.75) is 0 Å². The predicted molar refractivity (Wildman–Crippen MR) is 112 cm³/mol. The molecule has 3 aromatic carbocycles. The summed E-state index contributed by atoms with van der Waals surface area (Å²) in [6, 6.07) is 18.4. The van der Waals surface area contributed by atoms with Crippen LogP contribution in [0.3, 0.4) is 0 Å². The van der Waals surface area contributed by atoms with Gasteiger partial charge >= 0.3 is 5.97 Å². The fourth-order valence-electron chi connectivity index (χ4n) is 3.05. The topological polar surface area (TPSA) is 121 Å². The summed E-state index contributed by atoms with van der Waals surface area (Å²) >= 11 is 0. The summed E-state index contributed by atoms with van der Waals surface area (Å²) in [6.45, 7) is -1.00. The molecule has 156 valence electrons. The molecule has 4 rings (SSSR count). The van der Waals surface area contributed by atoms with E-state index in [0.29, 0.717) is 11.3 Å². The number of hydrogen-bond donors (Lipinski definition) is 1. The largest absolute Gasteiger partial charge is 0.482 e. The number of ether oxygens (including phenoxy) is 2. The lowest BCUT2D eigenvalue weighted by molar-refractivity contribution is -0.383. The van der Waals surface area contributed by atoms with Gasteiger partial charge in [0.15, 0.2) is 13.2 Å². The second-order valence-corrected chi connectivity index (χ2v) is 6.53. The summed E-state index contributed by atoms with van der Waals surface area (Å²) in [7, 11) is 0. The van der Waals surface area contributed by atoms with Gasteiger partial charge in [0.2, 0.25) is 0 Å². The van der Waals surface area contributed by atoms with Crippen molar-refractivity contribution >= 4 is 45.2 Å². The number of hydrogen-bond acceptors (Lipinski definition) is 7. The van der Waals surface area contributed by atoms with Gasteiger partial charge in [-0.05, 0) is 30.3 Å². The first-order valence-electron chi connectivity index (χ1n) is 9.24. The molecule has 9 heteroatoms. The van der Waals surface area contributed by atoms with Crippen LogP contribution in [0.2, 0.25) is 0 Å². The highest BCUT2D eigenvalue weighted by atomic mass is 16.6. The Bertz CT molecular complexity index is 1300. The number of anilines is 1. The van der Waals surface area contributed by atoms with Crippen molar-refractivity contribution in [3.05, 3.63) is 76.8 Å². The van der Waals surface area contributed by atoms with Crippen LogP contribution in [0.4, 0.5) is 11.4 Å². The number of rotatable bonds is 7. The molecule has 0 spiro atoms. The zero-order chi connectivity index (χ0) is 21.8. The monoisotopic (exact) mass is 420 g/mol. The third kappa shape index (κ3) is 4.45. The second kappa shape index (κ2) is 8.54. The van der Waals surface area contributed by atoms with E-state index in [4.69, 9.17) is 13.9 Å². The first-order chi connectivity index (χ1) is 15.0. The van der Waals surface area contributed by atoms with E-state index in [-0.39, 0.29) is 11.4 Å². The number of benzene rings is 3. The molecular weight excluding hydrogens is 404 g/mol. The summed E-state index contributed by atoms with van der Waals surface area (Å²) < 4.78 is 16.1. The van der Waals surface area contributed by atoms with Crippen molar-refractivity contribution in [2.24, 2.45) is 0 Å². The lowest BCUT2D eigenvalue weighted by Gasteiger charge is -2.08. The van der Waals surface area contributed by atoms with Gasteiger partial charge in [-0.25, -0.2) is 4.79 Å². The van der Waals surface area contributed by atoms with E-state index < -0.39 is 30.0 Å². The third-order valence-corrected chi connectivity index (χ3v) is 4.44. The molecular formula is C22H16N2O7. The standard InChI is InChI=1S/C22H16N2O7/c25-21(23-17-6-2-3-7-18(17)24(27)28)12-30-22(26)13-29-14-9-10-20-16(11-14)15-5-1-4-8-19(15)31-20/h1-11H,12-13H2,(H,23,25). The van der Waals surface area contributed by atoms with E-state index in [1.807, 2.05) is 24.3 Å². The minimum Gasteiger partial charge on any atom is -0.482 e. The van der Waals surface area contributed by atoms with Gasteiger partial charge in [0.1, 0.15) is 22.6 Å². The average molecular weight is 420 g/mol. The normalized spacial score (nSPS) is 10.7. The zero-order valence-electron chi connectivity index (χ0n) is 16.1. The molecule has 4 aromatic rings. The van der Waals surface area contributed by atoms with Crippen LogP contribution >= 0.6 is 0 Å². The van der Waals surface area contributed by atoms with Gasteiger partial charge in [0.05, 0.1) is 4.92 Å². The van der Waals surface area contributed by atoms with Gasteiger partial charge in [0, 0.05) is 16.8 Å². The summed E-state index contributed by atoms with van der Waals surface area (Å²) in [5.41, 5.74) is 1.21. The lowest BCUT2D eigenvalue weighted by atomic mass is 10.1. The van der Waals surface area contributed by atoms with Crippen LogP contribution in [0.25, 0.3) is 21.9 Å². The van der Waals surface area contributed by atoms with E-state index in [2.05, 4.69) is 5.32 Å². The Balaban J connectivity index is 1.32. The number of carbonyl (C=O) groups excluding carboxylic acids is 2. The van der Waals surface area contributed by atoms with Crippen molar-refractivity contribution in [3.8, 4) is 5.75 Å². The number of carbonyl (C=O) groups is 2. The van der Waals surface area contributed by atoms with Gasteiger partial charge in [0.25, 0.3) is 11.6 Å². The van der Waals surface area contributed by atoms with Gasteiger partial charge < -0.3 is 19.2 Å². The number of nitro benzene ring substituents is 1. The molecule has 1 amide bonds. The van der Waals surface area contributed by atoms with Crippen molar-refractivity contribution in [3.63, 3.8) is 0 Å². The first-order valence-corrected chi connectivity index (χ1v) is 9.24. The maximum atomic E-state index is 11.9. The summed E-state index contributed by atoms with van der Waals surface area (Å²) in [4.78, 5) is 34.2. The van der Waals surface area contributed by atoms with Crippen LogP contribution in [-0.2, 0) is 14.3 Å². The van der Waals surface area contributed by atoms with Crippen LogP contribution < -0.4 is 10.1 Å². The van der Waals surface area contributed by atoms with E-state index in [1.165, 1.54) is 18.2 Å². The Kier molecular flexibility index (Phi) is 5.48. The molecule has 9 nitrogen and oxygen atoms in total. The Morgan fingerprint density at radius 2 is 1.68 bits per heavy atom. The van der Waals surface area contributed by atoms with E-state index >= 15 is 0 Å². The van der Waals surface area contributed by atoms with Gasteiger partial charge in [-0.3, -0.25) is 14.9 Å². The second-order valence-electron chi connectivity index (χ2n) is 6.53. The predicted octanol–water partition coefficient (Wildman–Crippen LogP) is 4.05. The molecule has 0 fully saturated rings. The molecule has 0 saturated carbocycles. The van der Waals surface area contributed by atoms with Crippen LogP contribution in [0.1, 0.15) is 0 Å². The van der Waals surface area contributed by atoms with Gasteiger partial charge in [-0.2, -0.15) is 0 Å². The highest BCUT2D eigenvalue weighted by molar-refractivity contribution is 6.05. The van der Waals surface area contributed by atoms with E-state index in [1.54, 1.807) is 24.3 Å². The van der Waals surface area contributed by atoms with Crippen molar-refractivity contribution in [2.75, 3.05) is 18.5 Å². The number of nitrogens with zero attached hydrogens (tertiary/aromatic N) is 1. The van der Waals surface area contributed by atoms with E-state index in [9.17, 15) is 19.7 Å². The molecule has 0 unspecified atom stereocenters. The number of nitro groups is 1. The summed E-state index contributed by atoms with van der Waals surface area (Å²) in [6.07, 6.45) is 0. The Morgan fingerprint density at radius 1 is 0.935 bits per heavy atom. The van der Waals surface area contributed by atoms with Crippen LogP contribution in [-0.4, -0.2) is 30.0 Å². The molecule has 1 aromatic heterocycles. The fourth-order valence-corrected chi connectivity index (χ4v) is 3.05. The Hall–Kier alpha value is -4.40. The number of nitrogens with one attached hydrogen (secondary N) is 1. The quantitative estimate of drug-likeness (QED) is 0.272. The highest BCUT2D eigenvalue weighted by Gasteiger charge is 2.16. The summed E-state index contributed by atoms with van der Waals surface area (Å²) in [5, 5.41) is 15.1. The molecule has 31 heavy (non-hydrogen) atoms. The van der Waals surface area contributed by atoms with Crippen molar-refractivity contribution in [1.29, 1.82) is 0 Å². The fraction of sp³-hybridized carbons (Fsp3) is 0.0909. The van der Waals surface area contributed by atoms with Crippen molar-refractivity contribution in [1.82, 2.24) is 0 Å². The number of furan rings is 1. The minimum absolute atomic E-state index is 0.0189. The Labute approximate surface area is 175 Å². The maximum Gasteiger partial charge on any atom is 0.344 e. The van der Waals surface area contributed by atoms with Crippen LogP contribution in [0.5, 0.6) is 5.75 Å². The number of amides is 1. The molecule has 0 bridgehead atoms.